The number of rotatable bonds is 5. The van der Waals surface area contributed by atoms with Crippen molar-refractivity contribution in [3.8, 4) is 0 Å². The van der Waals surface area contributed by atoms with Gasteiger partial charge in [0.05, 0.1) is 5.03 Å². The van der Waals surface area contributed by atoms with Crippen molar-refractivity contribution < 1.29 is 0 Å². The van der Waals surface area contributed by atoms with Crippen LogP contribution in [0, 0.1) is 0 Å². The molecule has 2 unspecified atom stereocenters. The molecule has 0 spiro atoms. The van der Waals surface area contributed by atoms with Gasteiger partial charge in [0.2, 0.25) is 0 Å². The summed E-state index contributed by atoms with van der Waals surface area (Å²) in [6.45, 7) is 3.36. The summed E-state index contributed by atoms with van der Waals surface area (Å²) in [6, 6.07) is 4.84. The molecule has 1 saturated carbocycles. The van der Waals surface area contributed by atoms with Crippen LogP contribution in [0.25, 0.3) is 0 Å². The Morgan fingerprint density at radius 1 is 1.47 bits per heavy atom. The number of halogens is 1. The fraction of sp³-hybridized carbons (Fsp3) is 0.615. The first-order valence-corrected chi connectivity index (χ1v) is 7.98. The lowest BCUT2D eigenvalue weighted by Gasteiger charge is -2.19. The van der Waals surface area contributed by atoms with E-state index in [9.17, 15) is 0 Å². The van der Waals surface area contributed by atoms with Crippen molar-refractivity contribution in [3.05, 3.63) is 22.8 Å². The molecular formula is C13H19BrN2S. The van der Waals surface area contributed by atoms with Crippen LogP contribution in [0.2, 0.25) is 0 Å². The second-order valence-electron chi connectivity index (χ2n) is 4.46. The average Bonchev–Trinajstić information content (AvgIpc) is 2.77. The minimum atomic E-state index is 0.672. The van der Waals surface area contributed by atoms with Crippen LogP contribution in [0.5, 0.6) is 0 Å². The Hall–Kier alpha value is -0.0600. The van der Waals surface area contributed by atoms with Gasteiger partial charge in [0, 0.05) is 22.0 Å². The van der Waals surface area contributed by atoms with E-state index in [1.54, 1.807) is 0 Å². The Balaban J connectivity index is 1.90. The minimum absolute atomic E-state index is 0.672. The molecule has 1 heterocycles. The van der Waals surface area contributed by atoms with Crippen molar-refractivity contribution in [2.24, 2.45) is 0 Å². The van der Waals surface area contributed by atoms with E-state index in [0.717, 1.165) is 16.0 Å². The molecule has 2 rings (SSSR count). The highest BCUT2D eigenvalue weighted by atomic mass is 79.9. The summed E-state index contributed by atoms with van der Waals surface area (Å²) < 4.78 is 1.05. The Kier molecular flexibility index (Phi) is 5.32. The van der Waals surface area contributed by atoms with E-state index in [4.69, 9.17) is 0 Å². The third-order valence-corrected chi connectivity index (χ3v) is 4.90. The second kappa shape index (κ2) is 6.76. The number of nitrogens with one attached hydrogen (secondary N) is 1. The number of thioether (sulfide) groups is 1. The van der Waals surface area contributed by atoms with Gasteiger partial charge in [0.25, 0.3) is 0 Å². The third-order valence-electron chi connectivity index (χ3n) is 3.08. The Bertz CT molecular complexity index is 342. The first-order chi connectivity index (χ1) is 8.29. The zero-order chi connectivity index (χ0) is 12.1. The van der Waals surface area contributed by atoms with E-state index in [1.165, 1.54) is 25.7 Å². The predicted molar refractivity (Wildman–Crippen MR) is 77.5 cm³/mol. The van der Waals surface area contributed by atoms with Crippen LogP contribution in [0.15, 0.2) is 27.8 Å². The summed E-state index contributed by atoms with van der Waals surface area (Å²) in [7, 11) is 0. The third kappa shape index (κ3) is 3.97. The quantitative estimate of drug-likeness (QED) is 0.893. The molecule has 0 radical (unpaired) electrons. The average molecular weight is 315 g/mol. The van der Waals surface area contributed by atoms with Crippen LogP contribution in [0.4, 0.5) is 0 Å². The summed E-state index contributed by atoms with van der Waals surface area (Å²) in [4.78, 5) is 4.44. The molecule has 0 aliphatic heterocycles. The first kappa shape index (κ1) is 13.4. The molecule has 1 aliphatic rings. The molecule has 2 nitrogen and oxygen atoms in total. The van der Waals surface area contributed by atoms with E-state index in [-0.39, 0.29) is 0 Å². The molecule has 0 bridgehead atoms. The van der Waals surface area contributed by atoms with Gasteiger partial charge in [-0.25, -0.2) is 4.98 Å². The van der Waals surface area contributed by atoms with Crippen LogP contribution in [0.1, 0.15) is 32.6 Å². The standard InChI is InChI=1S/C13H19BrN2S/c1-2-8-15-11-4-3-5-12(11)17-13-7-6-10(14)9-16-13/h6-7,9,11-12,15H,2-5,8H2,1H3. The maximum absolute atomic E-state index is 4.44. The molecule has 1 N–H and O–H groups in total. The highest BCUT2D eigenvalue weighted by Crippen LogP contribution is 2.34. The zero-order valence-corrected chi connectivity index (χ0v) is 12.6. The molecule has 2 atom stereocenters. The van der Waals surface area contributed by atoms with E-state index < -0.39 is 0 Å². The molecule has 1 aliphatic carbocycles. The number of nitrogens with zero attached hydrogens (tertiary/aromatic N) is 1. The maximum Gasteiger partial charge on any atom is 0.0963 e. The molecule has 0 aromatic carbocycles. The van der Waals surface area contributed by atoms with Gasteiger partial charge in [0.15, 0.2) is 0 Å². The lowest BCUT2D eigenvalue weighted by Crippen LogP contribution is -2.34. The van der Waals surface area contributed by atoms with Crippen molar-refractivity contribution in [2.75, 3.05) is 6.54 Å². The number of hydrogen-bond acceptors (Lipinski definition) is 3. The molecule has 0 saturated heterocycles. The Morgan fingerprint density at radius 3 is 3.06 bits per heavy atom. The largest absolute Gasteiger partial charge is 0.313 e. The molecule has 1 aromatic heterocycles. The van der Waals surface area contributed by atoms with Crippen LogP contribution < -0.4 is 5.32 Å². The van der Waals surface area contributed by atoms with Crippen molar-refractivity contribution in [3.63, 3.8) is 0 Å². The van der Waals surface area contributed by atoms with Crippen molar-refractivity contribution in [1.29, 1.82) is 0 Å². The normalized spacial score (nSPS) is 24.1. The summed E-state index contributed by atoms with van der Waals surface area (Å²) in [5, 5.41) is 5.49. The van der Waals surface area contributed by atoms with Gasteiger partial charge in [-0.2, -0.15) is 0 Å². The highest BCUT2D eigenvalue weighted by Gasteiger charge is 2.27. The molecule has 1 fully saturated rings. The molecule has 1 aromatic rings. The molecule has 17 heavy (non-hydrogen) atoms. The molecule has 0 amide bonds. The van der Waals surface area contributed by atoms with Crippen molar-refractivity contribution >= 4 is 27.7 Å². The van der Waals surface area contributed by atoms with Gasteiger partial charge < -0.3 is 5.32 Å². The Morgan fingerprint density at radius 2 is 2.35 bits per heavy atom. The predicted octanol–water partition coefficient (Wildman–Crippen LogP) is 3.86. The van der Waals surface area contributed by atoms with Crippen molar-refractivity contribution in [2.45, 2.75) is 48.9 Å². The molecule has 4 heteroatoms. The van der Waals surface area contributed by atoms with Gasteiger partial charge in [-0.05, 0) is 53.9 Å². The van der Waals surface area contributed by atoms with Crippen LogP contribution in [-0.2, 0) is 0 Å². The number of pyridine rings is 1. The number of aromatic nitrogens is 1. The van der Waals surface area contributed by atoms with Crippen LogP contribution in [-0.4, -0.2) is 22.8 Å². The molecular weight excluding hydrogens is 296 g/mol. The smallest absolute Gasteiger partial charge is 0.0963 e. The van der Waals surface area contributed by atoms with E-state index >= 15 is 0 Å². The summed E-state index contributed by atoms with van der Waals surface area (Å²) in [5.41, 5.74) is 0. The summed E-state index contributed by atoms with van der Waals surface area (Å²) in [5.74, 6) is 0. The second-order valence-corrected chi connectivity index (χ2v) is 6.64. The fourth-order valence-electron chi connectivity index (χ4n) is 2.22. The van der Waals surface area contributed by atoms with Gasteiger partial charge in [-0.3, -0.25) is 0 Å². The molecule has 94 valence electrons. The topological polar surface area (TPSA) is 24.9 Å². The number of hydrogen-bond donors (Lipinski definition) is 1. The van der Waals surface area contributed by atoms with Gasteiger partial charge in [-0.15, -0.1) is 11.8 Å². The maximum atomic E-state index is 4.44. The SMILES string of the molecule is CCCNC1CCCC1Sc1ccc(Br)cn1. The lowest BCUT2D eigenvalue weighted by molar-refractivity contribution is 0.530. The van der Waals surface area contributed by atoms with Gasteiger partial charge in [0.1, 0.15) is 0 Å². The van der Waals surface area contributed by atoms with E-state index in [0.29, 0.717) is 11.3 Å². The lowest BCUT2D eigenvalue weighted by atomic mass is 10.2. The van der Waals surface area contributed by atoms with Crippen LogP contribution in [0.3, 0.4) is 0 Å². The highest BCUT2D eigenvalue weighted by molar-refractivity contribution is 9.10. The minimum Gasteiger partial charge on any atom is -0.313 e. The first-order valence-electron chi connectivity index (χ1n) is 6.31. The monoisotopic (exact) mass is 314 g/mol. The summed E-state index contributed by atoms with van der Waals surface area (Å²) in [6.07, 6.45) is 7.06. The van der Waals surface area contributed by atoms with E-state index in [1.807, 2.05) is 18.0 Å². The van der Waals surface area contributed by atoms with Crippen molar-refractivity contribution in [1.82, 2.24) is 10.3 Å². The van der Waals surface area contributed by atoms with Crippen LogP contribution >= 0.6 is 27.7 Å². The fourth-order valence-corrected chi connectivity index (χ4v) is 3.70. The van der Waals surface area contributed by atoms with Gasteiger partial charge in [-0.1, -0.05) is 13.3 Å². The summed E-state index contributed by atoms with van der Waals surface area (Å²) >= 11 is 5.34. The zero-order valence-electron chi connectivity index (χ0n) is 10.2. The Labute approximate surface area is 116 Å². The van der Waals surface area contributed by atoms with E-state index in [2.05, 4.69) is 45.3 Å². The van der Waals surface area contributed by atoms with Gasteiger partial charge >= 0.3 is 0 Å².